The number of amides is 1. The minimum Gasteiger partial charge on any atom is -0.338 e. The number of nitrogens with two attached hydrogens (primary N) is 1. The van der Waals surface area contributed by atoms with E-state index >= 15 is 0 Å². The van der Waals surface area contributed by atoms with Gasteiger partial charge in [-0.05, 0) is 12.5 Å². The predicted molar refractivity (Wildman–Crippen MR) is 81.1 cm³/mol. The Hall–Kier alpha value is -1.00. The Labute approximate surface area is 119 Å². The van der Waals surface area contributed by atoms with Crippen LogP contribution in [0.3, 0.4) is 0 Å². The van der Waals surface area contributed by atoms with E-state index in [9.17, 15) is 4.79 Å². The molecule has 19 heavy (non-hydrogen) atoms. The molecule has 0 bridgehead atoms. The summed E-state index contributed by atoms with van der Waals surface area (Å²) < 4.78 is 0. The van der Waals surface area contributed by atoms with E-state index in [1.54, 1.807) is 0 Å². The summed E-state index contributed by atoms with van der Waals surface area (Å²) in [5, 5.41) is 0.505. The van der Waals surface area contributed by atoms with Gasteiger partial charge in [-0.3, -0.25) is 4.79 Å². The molecule has 1 saturated heterocycles. The smallest absolute Gasteiger partial charge is 0.224 e. The summed E-state index contributed by atoms with van der Waals surface area (Å²) in [5.41, 5.74) is 7.16. The van der Waals surface area contributed by atoms with E-state index in [2.05, 4.69) is 13.8 Å². The highest BCUT2D eigenvalue weighted by Crippen LogP contribution is 2.26. The largest absolute Gasteiger partial charge is 0.338 e. The van der Waals surface area contributed by atoms with Crippen molar-refractivity contribution in [2.45, 2.75) is 37.6 Å². The lowest BCUT2D eigenvalue weighted by Gasteiger charge is -2.38. The molecule has 1 heterocycles. The van der Waals surface area contributed by atoms with Gasteiger partial charge < -0.3 is 10.6 Å². The second-order valence-electron chi connectivity index (χ2n) is 5.12. The lowest BCUT2D eigenvalue weighted by molar-refractivity contribution is -0.133. The van der Waals surface area contributed by atoms with Crippen molar-refractivity contribution in [1.29, 1.82) is 0 Å². The van der Waals surface area contributed by atoms with Gasteiger partial charge >= 0.3 is 0 Å². The summed E-state index contributed by atoms with van der Waals surface area (Å²) in [7, 11) is 0. The van der Waals surface area contributed by atoms with E-state index in [1.807, 2.05) is 47.0 Å². The van der Waals surface area contributed by atoms with Crippen LogP contribution in [-0.2, 0) is 4.79 Å². The zero-order valence-corrected chi connectivity index (χ0v) is 12.4. The van der Waals surface area contributed by atoms with E-state index in [0.29, 0.717) is 17.7 Å². The van der Waals surface area contributed by atoms with E-state index in [0.717, 1.165) is 17.9 Å². The third-order valence-electron chi connectivity index (χ3n) is 3.83. The Morgan fingerprint density at radius 1 is 1.42 bits per heavy atom. The van der Waals surface area contributed by atoms with Gasteiger partial charge in [-0.1, -0.05) is 37.3 Å². The number of nitrogens with zero attached hydrogens (tertiary/aromatic N) is 1. The lowest BCUT2D eigenvalue weighted by Crippen LogP contribution is -2.48. The van der Waals surface area contributed by atoms with Crippen LogP contribution in [0.2, 0.25) is 0 Å². The number of carbonyl (C=O) groups excluding carboxylic acids is 1. The molecular weight excluding hydrogens is 256 g/mol. The first-order valence-corrected chi connectivity index (χ1v) is 7.86. The van der Waals surface area contributed by atoms with Crippen LogP contribution in [0.15, 0.2) is 30.3 Å². The van der Waals surface area contributed by atoms with Crippen molar-refractivity contribution in [3.05, 3.63) is 35.9 Å². The summed E-state index contributed by atoms with van der Waals surface area (Å²) in [6.07, 6.45) is 0.395. The Morgan fingerprint density at radius 3 is 2.79 bits per heavy atom. The first-order valence-electron chi connectivity index (χ1n) is 6.81. The average Bonchev–Trinajstić information content (AvgIpc) is 2.42. The first-order chi connectivity index (χ1) is 9.09. The maximum atomic E-state index is 12.4. The van der Waals surface area contributed by atoms with Gasteiger partial charge in [0, 0.05) is 36.1 Å². The van der Waals surface area contributed by atoms with Crippen LogP contribution in [0, 0.1) is 0 Å². The number of hydrogen-bond acceptors (Lipinski definition) is 3. The monoisotopic (exact) mass is 278 g/mol. The molecule has 1 amide bonds. The third-order valence-corrected chi connectivity index (χ3v) is 5.16. The molecule has 2 rings (SSSR count). The summed E-state index contributed by atoms with van der Waals surface area (Å²) in [6, 6.07) is 9.94. The van der Waals surface area contributed by atoms with Crippen molar-refractivity contribution in [3.8, 4) is 0 Å². The Kier molecular flexibility index (Phi) is 4.88. The van der Waals surface area contributed by atoms with Crippen molar-refractivity contribution < 1.29 is 4.79 Å². The number of thioether (sulfide) groups is 1. The fraction of sp³-hybridized carbons (Fsp3) is 0.533. The zero-order valence-electron chi connectivity index (χ0n) is 11.6. The van der Waals surface area contributed by atoms with Gasteiger partial charge in [-0.2, -0.15) is 11.8 Å². The highest BCUT2D eigenvalue weighted by Gasteiger charge is 2.29. The van der Waals surface area contributed by atoms with Gasteiger partial charge in [0.25, 0.3) is 0 Å². The van der Waals surface area contributed by atoms with Crippen molar-refractivity contribution >= 4 is 17.7 Å². The molecule has 0 radical (unpaired) electrons. The van der Waals surface area contributed by atoms with Crippen LogP contribution < -0.4 is 5.73 Å². The number of hydrogen-bond donors (Lipinski definition) is 1. The van der Waals surface area contributed by atoms with Crippen LogP contribution >= 0.6 is 11.8 Å². The van der Waals surface area contributed by atoms with Crippen molar-refractivity contribution in [2.24, 2.45) is 5.73 Å². The second kappa shape index (κ2) is 6.44. The van der Waals surface area contributed by atoms with Crippen molar-refractivity contribution in [2.75, 3.05) is 12.3 Å². The van der Waals surface area contributed by atoms with Crippen molar-refractivity contribution in [1.82, 2.24) is 4.90 Å². The quantitative estimate of drug-likeness (QED) is 0.923. The number of carbonyl (C=O) groups is 1. The lowest BCUT2D eigenvalue weighted by atomic mass is 10.0. The molecule has 0 saturated carbocycles. The molecular formula is C15H22N2OS. The molecule has 3 unspecified atom stereocenters. The Bertz CT molecular complexity index is 423. The normalized spacial score (nSPS) is 25.1. The number of benzene rings is 1. The summed E-state index contributed by atoms with van der Waals surface area (Å²) in [4.78, 5) is 14.4. The molecule has 3 nitrogen and oxygen atoms in total. The maximum Gasteiger partial charge on any atom is 0.224 e. The Morgan fingerprint density at radius 2 is 2.11 bits per heavy atom. The molecule has 0 aromatic heterocycles. The summed E-state index contributed by atoms with van der Waals surface area (Å²) >= 11 is 1.94. The fourth-order valence-corrected chi connectivity index (χ4v) is 3.51. The fourth-order valence-electron chi connectivity index (χ4n) is 2.41. The predicted octanol–water partition coefficient (Wildman–Crippen LogP) is 2.43. The molecule has 1 aliphatic heterocycles. The molecule has 104 valence electrons. The minimum absolute atomic E-state index is 0.177. The Balaban J connectivity index is 1.97. The number of rotatable bonds is 3. The molecule has 1 aromatic rings. The van der Waals surface area contributed by atoms with E-state index in [1.165, 1.54) is 0 Å². The molecule has 0 spiro atoms. The van der Waals surface area contributed by atoms with Crippen molar-refractivity contribution in [3.63, 3.8) is 0 Å². The molecule has 4 heteroatoms. The van der Waals surface area contributed by atoms with Crippen LogP contribution in [0.5, 0.6) is 0 Å². The van der Waals surface area contributed by atoms with Crippen LogP contribution in [0.4, 0.5) is 0 Å². The second-order valence-corrected chi connectivity index (χ2v) is 6.61. The highest BCUT2D eigenvalue weighted by molar-refractivity contribution is 8.00. The third kappa shape index (κ3) is 3.51. The molecule has 3 atom stereocenters. The van der Waals surface area contributed by atoms with E-state index < -0.39 is 0 Å². The first kappa shape index (κ1) is 14.4. The highest BCUT2D eigenvalue weighted by atomic mass is 32.2. The summed E-state index contributed by atoms with van der Waals surface area (Å²) in [6.45, 7) is 5.16. The molecule has 1 aliphatic rings. The molecule has 1 fully saturated rings. The average molecular weight is 278 g/mol. The topological polar surface area (TPSA) is 46.3 Å². The molecule has 0 aliphatic carbocycles. The zero-order chi connectivity index (χ0) is 13.8. The van der Waals surface area contributed by atoms with Gasteiger partial charge in [-0.15, -0.1) is 0 Å². The maximum absolute atomic E-state index is 12.4. The van der Waals surface area contributed by atoms with E-state index in [-0.39, 0.29) is 11.9 Å². The van der Waals surface area contributed by atoms with Gasteiger partial charge in [0.15, 0.2) is 0 Å². The van der Waals surface area contributed by atoms with Gasteiger partial charge in [0.05, 0.1) is 0 Å². The van der Waals surface area contributed by atoms with Gasteiger partial charge in [0.2, 0.25) is 5.91 Å². The SMILES string of the molecule is CC1SCCN(C(=O)CC(N)c2ccccc2)C1C. The van der Waals surface area contributed by atoms with Gasteiger partial charge in [0.1, 0.15) is 0 Å². The molecule has 2 N–H and O–H groups in total. The standard InChI is InChI=1S/C15H22N2OS/c1-11-12(2)19-9-8-17(11)15(18)10-14(16)13-6-4-3-5-7-13/h3-7,11-12,14H,8-10,16H2,1-2H3. The van der Waals surface area contributed by atoms with E-state index in [4.69, 9.17) is 5.73 Å². The van der Waals surface area contributed by atoms with Crippen LogP contribution in [0.1, 0.15) is 31.9 Å². The summed E-state index contributed by atoms with van der Waals surface area (Å²) in [5.74, 6) is 1.20. The van der Waals surface area contributed by atoms with Crippen LogP contribution in [-0.4, -0.2) is 34.4 Å². The minimum atomic E-state index is -0.203. The van der Waals surface area contributed by atoms with Gasteiger partial charge in [-0.25, -0.2) is 0 Å². The van der Waals surface area contributed by atoms with Crippen LogP contribution in [0.25, 0.3) is 0 Å². The molecule has 1 aromatic carbocycles.